The summed E-state index contributed by atoms with van der Waals surface area (Å²) in [5.74, 6) is 0.482. The highest BCUT2D eigenvalue weighted by Gasteiger charge is 2.14. The van der Waals surface area contributed by atoms with Crippen molar-refractivity contribution >= 4 is 11.2 Å². The van der Waals surface area contributed by atoms with E-state index in [4.69, 9.17) is 10.5 Å². The van der Waals surface area contributed by atoms with E-state index in [1.165, 1.54) is 6.33 Å². The predicted octanol–water partition coefficient (Wildman–Crippen LogP) is 0.469. The Kier molecular flexibility index (Phi) is 2.28. The van der Waals surface area contributed by atoms with Gasteiger partial charge in [-0.15, -0.1) is 0 Å². The van der Waals surface area contributed by atoms with Gasteiger partial charge in [-0.2, -0.15) is 4.98 Å². The van der Waals surface area contributed by atoms with Gasteiger partial charge in [-0.05, 0) is 13.8 Å². The van der Waals surface area contributed by atoms with Gasteiger partial charge in [0.1, 0.15) is 18.5 Å². The van der Waals surface area contributed by atoms with E-state index in [2.05, 4.69) is 19.9 Å². The maximum Gasteiger partial charge on any atom is 0.243 e. The molecular formula is C9H13N5O. The van der Waals surface area contributed by atoms with Crippen molar-refractivity contribution in [3.8, 4) is 5.88 Å². The molecule has 0 saturated carbocycles. The molecule has 0 atom stereocenters. The molecule has 0 aliphatic carbocycles. The number of nitrogens with one attached hydrogen (secondary N) is 1. The van der Waals surface area contributed by atoms with E-state index >= 15 is 0 Å². The summed E-state index contributed by atoms with van der Waals surface area (Å²) >= 11 is 0. The van der Waals surface area contributed by atoms with Crippen molar-refractivity contribution in [1.82, 2.24) is 19.9 Å². The molecule has 6 heteroatoms. The van der Waals surface area contributed by atoms with Crippen molar-refractivity contribution in [2.45, 2.75) is 19.4 Å². The van der Waals surface area contributed by atoms with Crippen molar-refractivity contribution in [3.05, 3.63) is 12.7 Å². The first kappa shape index (κ1) is 9.85. The molecule has 0 aliphatic heterocycles. The zero-order valence-electron chi connectivity index (χ0n) is 8.69. The Morgan fingerprint density at radius 1 is 1.40 bits per heavy atom. The highest BCUT2D eigenvalue weighted by atomic mass is 16.5. The lowest BCUT2D eigenvalue weighted by atomic mass is 10.1. The quantitative estimate of drug-likeness (QED) is 0.763. The summed E-state index contributed by atoms with van der Waals surface area (Å²) in [5.41, 5.74) is 6.71. The van der Waals surface area contributed by atoms with E-state index in [1.807, 2.05) is 13.8 Å². The van der Waals surface area contributed by atoms with Crippen LogP contribution < -0.4 is 10.5 Å². The van der Waals surface area contributed by atoms with Crippen LogP contribution >= 0.6 is 0 Å². The predicted molar refractivity (Wildman–Crippen MR) is 55.4 cm³/mol. The van der Waals surface area contributed by atoms with Crippen LogP contribution in [0.4, 0.5) is 0 Å². The highest BCUT2D eigenvalue weighted by Crippen LogP contribution is 2.17. The molecule has 2 aromatic heterocycles. The fourth-order valence-electron chi connectivity index (χ4n) is 1.11. The lowest BCUT2D eigenvalue weighted by Crippen LogP contribution is -2.38. The molecule has 15 heavy (non-hydrogen) atoms. The fraction of sp³-hybridized carbons (Fsp3) is 0.444. The van der Waals surface area contributed by atoms with E-state index in [0.717, 1.165) is 0 Å². The van der Waals surface area contributed by atoms with Gasteiger partial charge in [0.05, 0.1) is 6.33 Å². The molecule has 0 bridgehead atoms. The van der Waals surface area contributed by atoms with Gasteiger partial charge in [0, 0.05) is 5.54 Å². The smallest absolute Gasteiger partial charge is 0.243 e. The van der Waals surface area contributed by atoms with Crippen LogP contribution in [-0.2, 0) is 0 Å². The third-order valence-corrected chi connectivity index (χ3v) is 1.77. The molecule has 0 fully saturated rings. The fourth-order valence-corrected chi connectivity index (χ4v) is 1.11. The Morgan fingerprint density at radius 2 is 2.20 bits per heavy atom. The minimum absolute atomic E-state index is 0.387. The van der Waals surface area contributed by atoms with Gasteiger partial charge in [-0.25, -0.2) is 9.97 Å². The van der Waals surface area contributed by atoms with Crippen molar-refractivity contribution in [2.75, 3.05) is 6.61 Å². The maximum absolute atomic E-state index is 5.81. The average Bonchev–Trinajstić information content (AvgIpc) is 2.61. The number of imidazole rings is 1. The molecule has 6 nitrogen and oxygen atoms in total. The number of H-pyrrole nitrogens is 1. The van der Waals surface area contributed by atoms with Gasteiger partial charge in [0.2, 0.25) is 5.88 Å². The lowest BCUT2D eigenvalue weighted by Gasteiger charge is -2.18. The van der Waals surface area contributed by atoms with Crippen LogP contribution in [0, 0.1) is 0 Å². The Labute approximate surface area is 86.9 Å². The highest BCUT2D eigenvalue weighted by molar-refractivity contribution is 5.74. The summed E-state index contributed by atoms with van der Waals surface area (Å²) in [6.45, 7) is 4.16. The largest absolute Gasteiger partial charge is 0.474 e. The molecule has 0 amide bonds. The monoisotopic (exact) mass is 207 g/mol. The standard InChI is InChI=1S/C9H13N5O/c1-9(2,10)3-15-8-6-7(12-4-11-6)13-5-14-8/h4-5H,3,10H2,1-2H3,(H,11,12,13,14). The van der Waals surface area contributed by atoms with Gasteiger partial charge < -0.3 is 15.5 Å². The van der Waals surface area contributed by atoms with E-state index < -0.39 is 5.54 Å². The molecule has 80 valence electrons. The van der Waals surface area contributed by atoms with Gasteiger partial charge >= 0.3 is 0 Å². The topological polar surface area (TPSA) is 89.7 Å². The van der Waals surface area contributed by atoms with E-state index in [9.17, 15) is 0 Å². The Bertz CT molecular complexity index is 459. The summed E-state index contributed by atoms with van der Waals surface area (Å²) in [5, 5.41) is 0. The number of ether oxygens (including phenoxy) is 1. The van der Waals surface area contributed by atoms with Gasteiger partial charge in [-0.1, -0.05) is 0 Å². The zero-order valence-corrected chi connectivity index (χ0v) is 8.69. The first-order valence-corrected chi connectivity index (χ1v) is 4.62. The second-order valence-corrected chi connectivity index (χ2v) is 4.06. The van der Waals surface area contributed by atoms with E-state index in [-0.39, 0.29) is 0 Å². The third kappa shape index (κ3) is 2.21. The number of fused-ring (bicyclic) bond motifs is 1. The number of nitrogens with two attached hydrogens (primary N) is 1. The van der Waals surface area contributed by atoms with Gasteiger partial charge in [0.15, 0.2) is 5.65 Å². The van der Waals surface area contributed by atoms with Crippen LogP contribution in [0.25, 0.3) is 11.2 Å². The Balaban J connectivity index is 2.24. The first-order chi connectivity index (χ1) is 7.06. The van der Waals surface area contributed by atoms with Crippen molar-refractivity contribution in [3.63, 3.8) is 0 Å². The van der Waals surface area contributed by atoms with E-state index in [0.29, 0.717) is 23.7 Å². The van der Waals surface area contributed by atoms with Gasteiger partial charge in [-0.3, -0.25) is 0 Å². The van der Waals surface area contributed by atoms with E-state index in [1.54, 1.807) is 6.33 Å². The number of hydrogen-bond acceptors (Lipinski definition) is 5. The summed E-state index contributed by atoms with van der Waals surface area (Å²) in [6, 6.07) is 0. The normalized spacial score (nSPS) is 11.9. The molecule has 0 aliphatic rings. The maximum atomic E-state index is 5.81. The molecule has 2 rings (SSSR count). The molecular weight excluding hydrogens is 194 g/mol. The summed E-state index contributed by atoms with van der Waals surface area (Å²) in [4.78, 5) is 14.9. The molecule has 0 unspecified atom stereocenters. The third-order valence-electron chi connectivity index (χ3n) is 1.77. The van der Waals surface area contributed by atoms with Crippen molar-refractivity contribution in [2.24, 2.45) is 5.73 Å². The summed E-state index contributed by atoms with van der Waals surface area (Å²) < 4.78 is 5.49. The zero-order chi connectivity index (χ0) is 10.9. The molecule has 0 radical (unpaired) electrons. The minimum atomic E-state index is -0.392. The first-order valence-electron chi connectivity index (χ1n) is 4.62. The molecule has 3 N–H and O–H groups in total. The average molecular weight is 207 g/mol. The minimum Gasteiger partial charge on any atom is -0.474 e. The van der Waals surface area contributed by atoms with Crippen LogP contribution in [0.1, 0.15) is 13.8 Å². The van der Waals surface area contributed by atoms with Crippen LogP contribution in [0.15, 0.2) is 12.7 Å². The Morgan fingerprint density at radius 3 is 2.93 bits per heavy atom. The molecule has 0 saturated heterocycles. The van der Waals surface area contributed by atoms with Gasteiger partial charge in [0.25, 0.3) is 0 Å². The summed E-state index contributed by atoms with van der Waals surface area (Å²) in [6.07, 6.45) is 2.97. The van der Waals surface area contributed by atoms with Crippen LogP contribution in [0.3, 0.4) is 0 Å². The molecule has 0 spiro atoms. The van der Waals surface area contributed by atoms with Crippen molar-refractivity contribution < 1.29 is 4.74 Å². The number of nitrogens with zero attached hydrogens (tertiary/aromatic N) is 3. The number of aromatic amines is 1. The molecule has 2 heterocycles. The lowest BCUT2D eigenvalue weighted by molar-refractivity contribution is 0.237. The second-order valence-electron chi connectivity index (χ2n) is 4.06. The Hall–Kier alpha value is -1.69. The summed E-state index contributed by atoms with van der Waals surface area (Å²) in [7, 11) is 0. The second kappa shape index (κ2) is 3.47. The van der Waals surface area contributed by atoms with Crippen LogP contribution in [-0.4, -0.2) is 32.1 Å². The van der Waals surface area contributed by atoms with Crippen LogP contribution in [0.2, 0.25) is 0 Å². The SMILES string of the molecule is CC(C)(N)COc1ncnc2nc[nH]c12. The number of hydrogen-bond donors (Lipinski definition) is 2. The van der Waals surface area contributed by atoms with Crippen LogP contribution in [0.5, 0.6) is 5.88 Å². The number of aromatic nitrogens is 4. The number of rotatable bonds is 3. The molecule has 0 aromatic carbocycles. The molecule has 2 aromatic rings. The van der Waals surface area contributed by atoms with Crippen molar-refractivity contribution in [1.29, 1.82) is 0 Å².